The fourth-order valence-electron chi connectivity index (χ4n) is 2.43. The summed E-state index contributed by atoms with van der Waals surface area (Å²) >= 11 is 1.70. The number of rotatable bonds is 4. The number of morpholine rings is 1. The van der Waals surface area contributed by atoms with Crippen LogP contribution in [0, 0.1) is 6.92 Å². The van der Waals surface area contributed by atoms with Gasteiger partial charge in [-0.2, -0.15) is 13.2 Å². The summed E-state index contributed by atoms with van der Waals surface area (Å²) in [4.78, 5) is 4.54. The van der Waals surface area contributed by atoms with Gasteiger partial charge in [0.1, 0.15) is 6.10 Å². The minimum Gasteiger partial charge on any atom is -0.417 e. The van der Waals surface area contributed by atoms with Crippen molar-refractivity contribution in [3.63, 3.8) is 0 Å². The van der Waals surface area contributed by atoms with Crippen LogP contribution in [0.5, 0.6) is 0 Å². The van der Waals surface area contributed by atoms with Crippen LogP contribution in [0.2, 0.25) is 0 Å². The first-order valence-corrected chi connectivity index (χ1v) is 8.03. The van der Waals surface area contributed by atoms with Crippen molar-refractivity contribution in [1.82, 2.24) is 15.1 Å². The van der Waals surface area contributed by atoms with Crippen LogP contribution in [0.4, 0.5) is 13.2 Å². The molecule has 1 aliphatic heterocycles. The third-order valence-corrected chi connectivity index (χ3v) is 4.67. The van der Waals surface area contributed by atoms with E-state index in [2.05, 4.69) is 31.6 Å². The molecule has 1 unspecified atom stereocenters. The van der Waals surface area contributed by atoms with Crippen LogP contribution in [-0.2, 0) is 17.3 Å². The van der Waals surface area contributed by atoms with E-state index in [1.165, 1.54) is 9.75 Å². The van der Waals surface area contributed by atoms with E-state index in [9.17, 15) is 13.2 Å². The minimum absolute atomic E-state index is 0.00679. The van der Waals surface area contributed by atoms with Crippen LogP contribution in [-0.4, -0.2) is 41.3 Å². The SMILES string of the molecule is Cc1ccc(C2CN(CCc3nnc(C(F)(F)F)o3)CCO2)s1. The predicted octanol–water partition coefficient (Wildman–Crippen LogP) is 3.07. The van der Waals surface area contributed by atoms with E-state index in [0.29, 0.717) is 26.1 Å². The highest BCUT2D eigenvalue weighted by atomic mass is 32.1. The number of hydrogen-bond acceptors (Lipinski definition) is 6. The highest BCUT2D eigenvalue weighted by molar-refractivity contribution is 7.12. The van der Waals surface area contributed by atoms with Crippen LogP contribution in [0.15, 0.2) is 16.5 Å². The summed E-state index contributed by atoms with van der Waals surface area (Å²) in [5.41, 5.74) is 0. The van der Waals surface area contributed by atoms with E-state index in [4.69, 9.17) is 4.74 Å². The Labute approximate surface area is 135 Å². The molecule has 1 aliphatic rings. The molecule has 0 spiro atoms. The molecule has 2 aromatic rings. The van der Waals surface area contributed by atoms with Crippen molar-refractivity contribution in [2.75, 3.05) is 26.2 Å². The van der Waals surface area contributed by atoms with Gasteiger partial charge < -0.3 is 9.15 Å². The van der Waals surface area contributed by atoms with Gasteiger partial charge in [-0.3, -0.25) is 4.90 Å². The van der Waals surface area contributed by atoms with E-state index in [0.717, 1.165) is 6.54 Å². The second-order valence-corrected chi connectivity index (χ2v) is 6.68. The molecule has 1 saturated heterocycles. The van der Waals surface area contributed by atoms with Crippen LogP contribution in [0.25, 0.3) is 0 Å². The lowest BCUT2D eigenvalue weighted by Gasteiger charge is -2.32. The molecular weight excluding hydrogens is 331 g/mol. The van der Waals surface area contributed by atoms with E-state index >= 15 is 0 Å². The van der Waals surface area contributed by atoms with Gasteiger partial charge in [0.25, 0.3) is 0 Å². The average molecular weight is 347 g/mol. The lowest BCUT2D eigenvalue weighted by Crippen LogP contribution is -2.39. The lowest BCUT2D eigenvalue weighted by molar-refractivity contribution is -0.157. The molecule has 0 saturated carbocycles. The second-order valence-electron chi connectivity index (χ2n) is 5.36. The minimum atomic E-state index is -4.59. The van der Waals surface area contributed by atoms with Gasteiger partial charge in [-0.15, -0.1) is 21.5 Å². The molecular formula is C14H16F3N3O2S. The van der Waals surface area contributed by atoms with Crippen molar-refractivity contribution in [2.45, 2.75) is 25.6 Å². The number of thiophene rings is 1. The number of aromatic nitrogens is 2. The molecule has 23 heavy (non-hydrogen) atoms. The predicted molar refractivity (Wildman–Crippen MR) is 77.2 cm³/mol. The average Bonchev–Trinajstić information content (AvgIpc) is 3.14. The van der Waals surface area contributed by atoms with E-state index in [-0.39, 0.29) is 12.0 Å². The smallest absolute Gasteiger partial charge is 0.417 e. The highest BCUT2D eigenvalue weighted by Crippen LogP contribution is 2.29. The molecule has 0 radical (unpaired) electrons. The molecule has 0 aromatic carbocycles. The molecule has 5 nitrogen and oxygen atoms in total. The molecule has 3 heterocycles. The van der Waals surface area contributed by atoms with Crippen LogP contribution >= 0.6 is 11.3 Å². The zero-order valence-electron chi connectivity index (χ0n) is 12.5. The highest BCUT2D eigenvalue weighted by Gasteiger charge is 2.38. The first kappa shape index (κ1) is 16.4. The Kier molecular flexibility index (Phi) is 4.69. The third kappa shape index (κ3) is 4.10. The van der Waals surface area contributed by atoms with Crippen LogP contribution < -0.4 is 0 Å². The molecule has 1 fully saturated rings. The second kappa shape index (κ2) is 6.58. The van der Waals surface area contributed by atoms with Gasteiger partial charge in [-0.25, -0.2) is 0 Å². The van der Waals surface area contributed by atoms with Crippen molar-refractivity contribution >= 4 is 11.3 Å². The lowest BCUT2D eigenvalue weighted by atomic mass is 10.2. The van der Waals surface area contributed by atoms with Crippen molar-refractivity contribution < 1.29 is 22.3 Å². The van der Waals surface area contributed by atoms with Crippen molar-refractivity contribution in [3.8, 4) is 0 Å². The Balaban J connectivity index is 1.55. The van der Waals surface area contributed by atoms with Gasteiger partial charge in [0.15, 0.2) is 0 Å². The summed E-state index contributed by atoms with van der Waals surface area (Å²) in [6.07, 6.45) is -4.29. The van der Waals surface area contributed by atoms with Gasteiger partial charge in [-0.05, 0) is 19.1 Å². The Morgan fingerprint density at radius 2 is 2.17 bits per heavy atom. The molecule has 126 valence electrons. The maximum absolute atomic E-state index is 12.4. The van der Waals surface area contributed by atoms with Crippen LogP contribution in [0.3, 0.4) is 0 Å². The molecule has 0 bridgehead atoms. The molecule has 0 N–H and O–H groups in total. The van der Waals surface area contributed by atoms with E-state index in [1.54, 1.807) is 11.3 Å². The van der Waals surface area contributed by atoms with Gasteiger partial charge >= 0.3 is 12.1 Å². The summed E-state index contributed by atoms with van der Waals surface area (Å²) in [5, 5.41) is 6.49. The number of nitrogens with zero attached hydrogens (tertiary/aromatic N) is 3. The molecule has 0 aliphatic carbocycles. The van der Waals surface area contributed by atoms with Crippen LogP contribution in [0.1, 0.15) is 27.6 Å². The topological polar surface area (TPSA) is 51.4 Å². The number of ether oxygens (including phenoxy) is 1. The zero-order valence-corrected chi connectivity index (χ0v) is 13.3. The summed E-state index contributed by atoms with van der Waals surface area (Å²) < 4.78 is 47.7. The first-order chi connectivity index (χ1) is 10.9. The monoisotopic (exact) mass is 347 g/mol. The molecule has 3 rings (SSSR count). The summed E-state index contributed by atoms with van der Waals surface area (Å²) in [7, 11) is 0. The number of aryl methyl sites for hydroxylation is 1. The Bertz CT molecular complexity index is 656. The number of hydrogen-bond donors (Lipinski definition) is 0. The maximum atomic E-state index is 12.4. The molecule has 9 heteroatoms. The van der Waals surface area contributed by atoms with Gasteiger partial charge in [0.2, 0.25) is 5.89 Å². The van der Waals surface area contributed by atoms with Crippen molar-refractivity contribution in [3.05, 3.63) is 33.7 Å². The van der Waals surface area contributed by atoms with Crippen molar-refractivity contribution in [2.24, 2.45) is 0 Å². The van der Waals surface area contributed by atoms with Crippen molar-refractivity contribution in [1.29, 1.82) is 0 Å². The maximum Gasteiger partial charge on any atom is 0.470 e. The Morgan fingerprint density at radius 1 is 1.35 bits per heavy atom. The first-order valence-electron chi connectivity index (χ1n) is 7.21. The fraction of sp³-hybridized carbons (Fsp3) is 0.571. The summed E-state index contributed by atoms with van der Waals surface area (Å²) in [5.74, 6) is -1.28. The molecule has 0 amide bonds. The third-order valence-electron chi connectivity index (χ3n) is 3.58. The van der Waals surface area contributed by atoms with E-state index < -0.39 is 12.1 Å². The normalized spacial score (nSPS) is 20.1. The van der Waals surface area contributed by atoms with Gasteiger partial charge in [-0.1, -0.05) is 0 Å². The number of alkyl halides is 3. The summed E-state index contributed by atoms with van der Waals surface area (Å²) in [6.45, 7) is 4.65. The quantitative estimate of drug-likeness (QED) is 0.851. The largest absolute Gasteiger partial charge is 0.470 e. The molecule has 1 atom stereocenters. The van der Waals surface area contributed by atoms with Gasteiger partial charge in [0, 0.05) is 35.8 Å². The standard InChI is InChI=1S/C14H16F3N3O2S/c1-9-2-3-11(23-9)10-8-20(6-7-21-10)5-4-12-18-19-13(22-12)14(15,16)17/h2-3,10H,4-8H2,1H3. The fourth-order valence-corrected chi connectivity index (χ4v) is 3.35. The Hall–Kier alpha value is -1.45. The summed E-state index contributed by atoms with van der Waals surface area (Å²) in [6, 6.07) is 4.11. The Morgan fingerprint density at radius 3 is 2.83 bits per heavy atom. The molecule has 2 aromatic heterocycles. The number of halogens is 3. The zero-order chi connectivity index (χ0) is 16.4. The van der Waals surface area contributed by atoms with Gasteiger partial charge in [0.05, 0.1) is 6.61 Å². The van der Waals surface area contributed by atoms with E-state index in [1.807, 2.05) is 6.92 Å².